The molecule has 0 unspecified atom stereocenters. The fourth-order valence-electron chi connectivity index (χ4n) is 2.54. The molecule has 0 atom stereocenters. The molecule has 1 aliphatic heterocycles. The fourth-order valence-corrected chi connectivity index (χ4v) is 3.24. The van der Waals surface area contributed by atoms with E-state index >= 15 is 0 Å². The minimum atomic E-state index is -0.0213. The van der Waals surface area contributed by atoms with Crippen molar-refractivity contribution in [2.45, 2.75) is 13.3 Å². The van der Waals surface area contributed by atoms with Crippen LogP contribution in [0.25, 0.3) is 0 Å². The lowest BCUT2D eigenvalue weighted by Gasteiger charge is -2.34. The zero-order chi connectivity index (χ0) is 15.4. The number of amides is 2. The van der Waals surface area contributed by atoms with Crippen LogP contribution in [0, 0.1) is 0 Å². The Balaban J connectivity index is 1.55. The van der Waals surface area contributed by atoms with Gasteiger partial charge in [0.2, 0.25) is 0 Å². The van der Waals surface area contributed by atoms with Gasteiger partial charge in [0.1, 0.15) is 0 Å². The van der Waals surface area contributed by atoms with E-state index in [0.717, 1.165) is 43.4 Å². The Morgan fingerprint density at radius 3 is 2.82 bits per heavy atom. The summed E-state index contributed by atoms with van der Waals surface area (Å²) in [4.78, 5) is 20.8. The van der Waals surface area contributed by atoms with Crippen molar-refractivity contribution < 1.29 is 4.79 Å². The summed E-state index contributed by atoms with van der Waals surface area (Å²) in [6, 6.07) is 8.00. The van der Waals surface area contributed by atoms with E-state index in [4.69, 9.17) is 0 Å². The van der Waals surface area contributed by atoms with Crippen LogP contribution in [0.1, 0.15) is 12.5 Å². The number of anilines is 2. The van der Waals surface area contributed by atoms with E-state index in [1.807, 2.05) is 34.7 Å². The smallest absolute Gasteiger partial charge is 0.321 e. The Kier molecular flexibility index (Phi) is 4.58. The molecule has 6 heteroatoms. The molecule has 0 saturated carbocycles. The number of nitrogens with zero attached hydrogens (tertiary/aromatic N) is 3. The second-order valence-electron chi connectivity index (χ2n) is 5.27. The molecular weight excluding hydrogens is 296 g/mol. The summed E-state index contributed by atoms with van der Waals surface area (Å²) in [5.74, 6) is 0. The average molecular weight is 316 g/mol. The van der Waals surface area contributed by atoms with Crippen LogP contribution < -0.4 is 10.2 Å². The average Bonchev–Trinajstić information content (AvgIpc) is 3.09. The number of carbonyl (C=O) groups excluding carboxylic acids is 1. The summed E-state index contributed by atoms with van der Waals surface area (Å²) >= 11 is 1.64. The maximum absolute atomic E-state index is 12.3. The predicted molar refractivity (Wildman–Crippen MR) is 90.7 cm³/mol. The highest BCUT2D eigenvalue weighted by atomic mass is 32.1. The zero-order valence-corrected chi connectivity index (χ0v) is 13.5. The van der Waals surface area contributed by atoms with Gasteiger partial charge < -0.3 is 15.1 Å². The molecule has 3 rings (SSSR count). The summed E-state index contributed by atoms with van der Waals surface area (Å²) in [7, 11) is 0. The predicted octanol–water partition coefficient (Wildman–Crippen LogP) is 3.06. The first kappa shape index (κ1) is 14.8. The molecule has 1 aromatic heterocycles. The van der Waals surface area contributed by atoms with Crippen molar-refractivity contribution in [1.29, 1.82) is 0 Å². The first-order valence-electron chi connectivity index (χ1n) is 7.55. The maximum Gasteiger partial charge on any atom is 0.321 e. The lowest BCUT2D eigenvalue weighted by molar-refractivity contribution is 0.208. The van der Waals surface area contributed by atoms with E-state index in [0.29, 0.717) is 0 Å². The Hall–Kier alpha value is -2.08. The Bertz CT molecular complexity index is 621. The monoisotopic (exact) mass is 316 g/mol. The molecule has 1 fully saturated rings. The van der Waals surface area contributed by atoms with Gasteiger partial charge in [-0.3, -0.25) is 0 Å². The second kappa shape index (κ2) is 6.79. The number of thiazole rings is 1. The third-order valence-corrected chi connectivity index (χ3v) is 4.68. The molecule has 1 aromatic carbocycles. The van der Waals surface area contributed by atoms with Gasteiger partial charge in [-0.2, -0.15) is 0 Å². The second-order valence-corrected chi connectivity index (χ2v) is 6.15. The molecule has 0 spiro atoms. The number of hydrogen-bond donors (Lipinski definition) is 1. The van der Waals surface area contributed by atoms with E-state index in [-0.39, 0.29) is 6.03 Å². The lowest BCUT2D eigenvalue weighted by Crippen LogP contribution is -2.50. The number of piperazine rings is 1. The molecule has 1 saturated heterocycles. The first-order chi connectivity index (χ1) is 10.8. The first-order valence-corrected chi connectivity index (χ1v) is 8.43. The third kappa shape index (κ3) is 3.39. The van der Waals surface area contributed by atoms with E-state index in [1.54, 1.807) is 11.3 Å². The highest BCUT2D eigenvalue weighted by molar-refractivity contribution is 7.13. The van der Waals surface area contributed by atoms with Gasteiger partial charge in [0.25, 0.3) is 0 Å². The van der Waals surface area contributed by atoms with Gasteiger partial charge in [-0.25, -0.2) is 9.78 Å². The van der Waals surface area contributed by atoms with Gasteiger partial charge in [-0.05, 0) is 24.1 Å². The number of carbonyl (C=O) groups is 1. The number of urea groups is 1. The van der Waals surface area contributed by atoms with E-state index in [1.165, 1.54) is 5.56 Å². The van der Waals surface area contributed by atoms with E-state index in [9.17, 15) is 4.79 Å². The minimum absolute atomic E-state index is 0.0213. The van der Waals surface area contributed by atoms with Crippen molar-refractivity contribution in [2.75, 3.05) is 36.4 Å². The highest BCUT2D eigenvalue weighted by Crippen LogP contribution is 2.19. The number of nitrogens with one attached hydrogen (secondary N) is 1. The van der Waals surface area contributed by atoms with Crippen molar-refractivity contribution in [3.8, 4) is 0 Å². The summed E-state index contributed by atoms with van der Waals surface area (Å²) < 4.78 is 0. The van der Waals surface area contributed by atoms with Crippen molar-refractivity contribution >= 4 is 28.2 Å². The van der Waals surface area contributed by atoms with E-state index < -0.39 is 0 Å². The van der Waals surface area contributed by atoms with Crippen LogP contribution in [0.2, 0.25) is 0 Å². The van der Waals surface area contributed by atoms with Crippen LogP contribution in [-0.4, -0.2) is 42.1 Å². The Morgan fingerprint density at radius 1 is 1.32 bits per heavy atom. The molecule has 22 heavy (non-hydrogen) atoms. The molecule has 116 valence electrons. The summed E-state index contributed by atoms with van der Waals surface area (Å²) in [5, 5.41) is 6.01. The summed E-state index contributed by atoms with van der Waals surface area (Å²) in [6.45, 7) is 5.21. The van der Waals surface area contributed by atoms with Gasteiger partial charge in [-0.1, -0.05) is 19.1 Å². The van der Waals surface area contributed by atoms with Gasteiger partial charge in [-0.15, -0.1) is 11.3 Å². The Labute approximate surface area is 134 Å². The number of rotatable bonds is 3. The molecular formula is C16H20N4OS. The number of aryl methyl sites for hydroxylation is 1. The SMILES string of the molecule is CCc1cccc(NC(=O)N2CCN(c3nccs3)CC2)c1. The van der Waals surface area contributed by atoms with Crippen molar-refractivity contribution in [3.63, 3.8) is 0 Å². The minimum Gasteiger partial charge on any atom is -0.345 e. The number of hydrogen-bond acceptors (Lipinski definition) is 4. The van der Waals surface area contributed by atoms with Crippen LogP contribution in [0.15, 0.2) is 35.8 Å². The van der Waals surface area contributed by atoms with Crippen LogP contribution in [0.5, 0.6) is 0 Å². The van der Waals surface area contributed by atoms with Crippen LogP contribution >= 0.6 is 11.3 Å². The number of benzene rings is 1. The van der Waals surface area contributed by atoms with E-state index in [2.05, 4.69) is 28.2 Å². The quantitative estimate of drug-likeness (QED) is 0.947. The van der Waals surface area contributed by atoms with Gasteiger partial charge >= 0.3 is 6.03 Å². The maximum atomic E-state index is 12.3. The largest absolute Gasteiger partial charge is 0.345 e. The number of aromatic nitrogens is 1. The molecule has 5 nitrogen and oxygen atoms in total. The zero-order valence-electron chi connectivity index (χ0n) is 12.7. The van der Waals surface area contributed by atoms with Gasteiger partial charge in [0, 0.05) is 43.4 Å². The fraction of sp³-hybridized carbons (Fsp3) is 0.375. The summed E-state index contributed by atoms with van der Waals surface area (Å²) in [5.41, 5.74) is 2.10. The lowest BCUT2D eigenvalue weighted by atomic mass is 10.1. The molecule has 2 amide bonds. The molecule has 1 N–H and O–H groups in total. The van der Waals surface area contributed by atoms with Crippen molar-refractivity contribution in [1.82, 2.24) is 9.88 Å². The highest BCUT2D eigenvalue weighted by Gasteiger charge is 2.22. The Morgan fingerprint density at radius 2 is 2.14 bits per heavy atom. The molecule has 1 aliphatic rings. The van der Waals surface area contributed by atoms with Crippen LogP contribution in [0.3, 0.4) is 0 Å². The van der Waals surface area contributed by atoms with Gasteiger partial charge in [0.05, 0.1) is 0 Å². The van der Waals surface area contributed by atoms with Crippen LogP contribution in [-0.2, 0) is 6.42 Å². The molecule has 0 aliphatic carbocycles. The normalized spacial score (nSPS) is 15.0. The summed E-state index contributed by atoms with van der Waals surface area (Å²) in [6.07, 6.45) is 2.79. The van der Waals surface area contributed by atoms with Crippen molar-refractivity contribution in [3.05, 3.63) is 41.4 Å². The molecule has 2 aromatic rings. The molecule has 0 radical (unpaired) electrons. The topological polar surface area (TPSA) is 48.5 Å². The molecule has 0 bridgehead atoms. The van der Waals surface area contributed by atoms with Crippen LogP contribution in [0.4, 0.5) is 15.6 Å². The third-order valence-electron chi connectivity index (χ3n) is 3.84. The van der Waals surface area contributed by atoms with Gasteiger partial charge in [0.15, 0.2) is 5.13 Å². The standard InChI is InChI=1S/C16H20N4OS/c1-2-13-4-3-5-14(12-13)18-15(21)19-7-9-20(10-8-19)16-17-6-11-22-16/h3-6,11-12H,2,7-10H2,1H3,(H,18,21). The van der Waals surface area contributed by atoms with Crippen molar-refractivity contribution in [2.24, 2.45) is 0 Å². The molecule has 2 heterocycles.